The van der Waals surface area contributed by atoms with Crippen LogP contribution in [0.25, 0.3) is 0 Å². The molecule has 1 aliphatic heterocycles. The molecule has 2 N–H and O–H groups in total. The minimum absolute atomic E-state index is 0.0101. The average molecular weight is 372 g/mol. The van der Waals surface area contributed by atoms with E-state index in [9.17, 15) is 9.59 Å². The predicted octanol–water partition coefficient (Wildman–Crippen LogP) is 3.95. The number of amides is 2. The summed E-state index contributed by atoms with van der Waals surface area (Å²) in [6.45, 7) is 6.36. The summed E-state index contributed by atoms with van der Waals surface area (Å²) >= 11 is 0. The van der Waals surface area contributed by atoms with Crippen molar-refractivity contribution in [3.63, 3.8) is 0 Å². The molecule has 1 heterocycles. The molecule has 1 saturated carbocycles. The van der Waals surface area contributed by atoms with Crippen LogP contribution in [-0.2, 0) is 9.59 Å². The van der Waals surface area contributed by atoms with Crippen molar-refractivity contribution in [2.75, 3.05) is 23.3 Å². The number of carbonyl (C=O) groups is 2. The van der Waals surface area contributed by atoms with Gasteiger partial charge in [0, 0.05) is 42.3 Å². The molecule has 2 fully saturated rings. The summed E-state index contributed by atoms with van der Waals surface area (Å²) in [5.41, 5.74) is 2.10. The van der Waals surface area contributed by atoms with E-state index in [2.05, 4.69) is 34.6 Å². The lowest BCUT2D eigenvalue weighted by molar-refractivity contribution is -0.129. The van der Waals surface area contributed by atoms with Crippen molar-refractivity contribution in [2.24, 2.45) is 11.8 Å². The molecule has 0 bridgehead atoms. The Morgan fingerprint density at radius 1 is 1.00 bits per heavy atom. The maximum absolute atomic E-state index is 12.6. The Kier molecular flexibility index (Phi) is 6.75. The fourth-order valence-corrected chi connectivity index (χ4v) is 4.06. The van der Waals surface area contributed by atoms with Crippen molar-refractivity contribution in [2.45, 2.75) is 64.8 Å². The molecule has 1 unspecified atom stereocenters. The Balaban J connectivity index is 1.46. The number of rotatable bonds is 6. The van der Waals surface area contributed by atoms with E-state index in [0.717, 1.165) is 50.9 Å². The smallest absolute Gasteiger partial charge is 0.227 e. The van der Waals surface area contributed by atoms with Gasteiger partial charge in [-0.25, -0.2) is 0 Å². The molecule has 0 radical (unpaired) electrons. The van der Waals surface area contributed by atoms with Gasteiger partial charge in [0.2, 0.25) is 11.8 Å². The highest BCUT2D eigenvalue weighted by Crippen LogP contribution is 2.30. The first-order valence-electron chi connectivity index (χ1n) is 10.5. The van der Waals surface area contributed by atoms with E-state index in [1.165, 1.54) is 18.5 Å². The van der Waals surface area contributed by atoms with Gasteiger partial charge in [-0.1, -0.05) is 6.92 Å². The molecule has 5 nitrogen and oxygen atoms in total. The summed E-state index contributed by atoms with van der Waals surface area (Å²) in [6.07, 6.45) is 6.64. The van der Waals surface area contributed by atoms with E-state index in [0.29, 0.717) is 0 Å². The van der Waals surface area contributed by atoms with Crippen LogP contribution in [0, 0.1) is 11.8 Å². The van der Waals surface area contributed by atoms with Crippen molar-refractivity contribution in [3.8, 4) is 0 Å². The number of hydrogen-bond donors (Lipinski definition) is 2. The number of nitrogens with zero attached hydrogens (tertiary/aromatic N) is 1. The third kappa shape index (κ3) is 5.24. The van der Waals surface area contributed by atoms with Crippen LogP contribution in [0.5, 0.6) is 0 Å². The molecule has 5 heteroatoms. The second kappa shape index (κ2) is 9.25. The molecule has 0 aromatic heterocycles. The predicted molar refractivity (Wildman–Crippen MR) is 110 cm³/mol. The van der Waals surface area contributed by atoms with Crippen LogP contribution in [0.4, 0.5) is 11.4 Å². The summed E-state index contributed by atoms with van der Waals surface area (Å²) in [4.78, 5) is 27.2. The first-order chi connectivity index (χ1) is 13.1. The van der Waals surface area contributed by atoms with Crippen LogP contribution in [0.3, 0.4) is 0 Å². The molecule has 3 rings (SSSR count). The topological polar surface area (TPSA) is 61.4 Å². The normalized spacial score (nSPS) is 23.7. The third-order valence-electron chi connectivity index (χ3n) is 6.08. The van der Waals surface area contributed by atoms with Gasteiger partial charge >= 0.3 is 0 Å². The van der Waals surface area contributed by atoms with Crippen LogP contribution >= 0.6 is 0 Å². The summed E-state index contributed by atoms with van der Waals surface area (Å²) in [5, 5.41) is 6.12. The van der Waals surface area contributed by atoms with E-state index in [-0.39, 0.29) is 29.7 Å². The minimum atomic E-state index is 0.0101. The van der Waals surface area contributed by atoms with Crippen LogP contribution in [0.2, 0.25) is 0 Å². The Bertz CT molecular complexity index is 629. The van der Waals surface area contributed by atoms with Crippen molar-refractivity contribution >= 4 is 23.2 Å². The Hall–Kier alpha value is -2.04. The van der Waals surface area contributed by atoms with Gasteiger partial charge in [0.25, 0.3) is 0 Å². The Morgan fingerprint density at radius 2 is 1.56 bits per heavy atom. The average Bonchev–Trinajstić information content (AvgIpc) is 3.23. The van der Waals surface area contributed by atoms with Crippen LogP contribution in [0.15, 0.2) is 24.3 Å². The van der Waals surface area contributed by atoms with Crippen LogP contribution in [-0.4, -0.2) is 30.9 Å². The highest BCUT2D eigenvalue weighted by Gasteiger charge is 2.30. The lowest BCUT2D eigenvalue weighted by Crippen LogP contribution is -2.39. The molecular formula is C22H33N3O2. The molecule has 1 saturated heterocycles. The van der Waals surface area contributed by atoms with Crippen molar-refractivity contribution in [1.29, 1.82) is 0 Å². The SMILES string of the molecule is CCC(C)NC(=O)C1CCC(C(=O)Nc2ccc(N3CCCC3)cc2)CC1. The van der Waals surface area contributed by atoms with E-state index in [1.807, 2.05) is 19.1 Å². The first kappa shape index (κ1) is 19.7. The quantitative estimate of drug-likeness (QED) is 0.796. The summed E-state index contributed by atoms with van der Waals surface area (Å²) in [6, 6.07) is 8.41. The van der Waals surface area contributed by atoms with Gasteiger partial charge in [-0.05, 0) is 76.1 Å². The van der Waals surface area contributed by atoms with E-state index < -0.39 is 0 Å². The molecule has 0 spiro atoms. The van der Waals surface area contributed by atoms with Crippen molar-refractivity contribution in [1.82, 2.24) is 5.32 Å². The van der Waals surface area contributed by atoms with Crippen LogP contribution in [0.1, 0.15) is 58.8 Å². The number of hydrogen-bond acceptors (Lipinski definition) is 3. The van der Waals surface area contributed by atoms with Crippen LogP contribution < -0.4 is 15.5 Å². The maximum atomic E-state index is 12.6. The summed E-state index contributed by atoms with van der Waals surface area (Å²) < 4.78 is 0. The Labute approximate surface area is 162 Å². The second-order valence-electron chi connectivity index (χ2n) is 8.10. The third-order valence-corrected chi connectivity index (χ3v) is 6.08. The molecule has 2 amide bonds. The monoisotopic (exact) mass is 371 g/mol. The summed E-state index contributed by atoms with van der Waals surface area (Å²) in [5.74, 6) is 0.309. The molecule has 148 valence electrons. The molecule has 1 aromatic rings. The maximum Gasteiger partial charge on any atom is 0.227 e. The standard InChI is InChI=1S/C22H33N3O2/c1-3-16(2)23-21(26)17-6-8-18(9-7-17)22(27)24-19-10-12-20(13-11-19)25-14-4-5-15-25/h10-13,16-18H,3-9,14-15H2,1-2H3,(H,23,26)(H,24,27). The number of anilines is 2. The lowest BCUT2D eigenvalue weighted by atomic mass is 9.81. The zero-order chi connectivity index (χ0) is 19.2. The van der Waals surface area contributed by atoms with E-state index >= 15 is 0 Å². The van der Waals surface area contributed by atoms with Crippen molar-refractivity contribution in [3.05, 3.63) is 24.3 Å². The van der Waals surface area contributed by atoms with Gasteiger partial charge in [-0.3, -0.25) is 9.59 Å². The molecule has 2 aliphatic rings. The second-order valence-corrected chi connectivity index (χ2v) is 8.10. The lowest BCUT2D eigenvalue weighted by Gasteiger charge is -2.28. The first-order valence-corrected chi connectivity index (χ1v) is 10.5. The largest absolute Gasteiger partial charge is 0.372 e. The van der Waals surface area contributed by atoms with Gasteiger partial charge in [-0.15, -0.1) is 0 Å². The van der Waals surface area contributed by atoms with Gasteiger partial charge in [-0.2, -0.15) is 0 Å². The fourth-order valence-electron chi connectivity index (χ4n) is 4.06. The zero-order valence-corrected chi connectivity index (χ0v) is 16.7. The van der Waals surface area contributed by atoms with Gasteiger partial charge in [0.05, 0.1) is 0 Å². The highest BCUT2D eigenvalue weighted by atomic mass is 16.2. The molecular weight excluding hydrogens is 338 g/mol. The number of carbonyl (C=O) groups excluding carboxylic acids is 2. The van der Waals surface area contributed by atoms with E-state index in [1.54, 1.807) is 0 Å². The van der Waals surface area contributed by atoms with E-state index in [4.69, 9.17) is 0 Å². The van der Waals surface area contributed by atoms with Gasteiger partial charge in [0.15, 0.2) is 0 Å². The Morgan fingerprint density at radius 3 is 2.11 bits per heavy atom. The fraction of sp³-hybridized carbons (Fsp3) is 0.636. The van der Waals surface area contributed by atoms with Gasteiger partial charge < -0.3 is 15.5 Å². The number of benzene rings is 1. The zero-order valence-electron chi connectivity index (χ0n) is 16.7. The number of nitrogens with one attached hydrogen (secondary N) is 2. The summed E-state index contributed by atoms with van der Waals surface area (Å²) in [7, 11) is 0. The molecule has 1 aromatic carbocycles. The van der Waals surface area contributed by atoms with Crippen molar-refractivity contribution < 1.29 is 9.59 Å². The molecule has 27 heavy (non-hydrogen) atoms. The van der Waals surface area contributed by atoms with Gasteiger partial charge in [0.1, 0.15) is 0 Å². The minimum Gasteiger partial charge on any atom is -0.372 e. The molecule has 1 atom stereocenters. The molecule has 1 aliphatic carbocycles. The highest BCUT2D eigenvalue weighted by molar-refractivity contribution is 5.93.